The summed E-state index contributed by atoms with van der Waals surface area (Å²) in [5.41, 5.74) is 0.860. The Morgan fingerprint density at radius 2 is 1.96 bits per heavy atom. The van der Waals surface area contributed by atoms with Gasteiger partial charge < -0.3 is 15.0 Å². The zero-order chi connectivity index (χ0) is 17.7. The van der Waals surface area contributed by atoms with Gasteiger partial charge in [-0.1, -0.05) is 30.3 Å². The van der Waals surface area contributed by atoms with Crippen LogP contribution in [0, 0.1) is 0 Å². The van der Waals surface area contributed by atoms with Gasteiger partial charge in [0, 0.05) is 39.0 Å². The third-order valence-corrected chi connectivity index (χ3v) is 5.06. The smallest absolute Gasteiger partial charge is 0.410 e. The van der Waals surface area contributed by atoms with Crippen LogP contribution < -0.4 is 5.32 Å². The molecule has 0 atom stereocenters. The Labute approximate surface area is 149 Å². The minimum Gasteiger partial charge on any atom is -0.441 e. The lowest BCUT2D eigenvalue weighted by molar-refractivity contribution is -0.123. The van der Waals surface area contributed by atoms with Crippen LogP contribution in [0.15, 0.2) is 30.3 Å². The topological polar surface area (TPSA) is 61.9 Å². The van der Waals surface area contributed by atoms with Crippen LogP contribution in [-0.2, 0) is 16.0 Å². The standard InChI is InChI=1S/C19H27N3O3/c1-2-20-17(23)14-21-12-9-19(10-13-21)15-22(18(24)25-19)11-8-16-6-4-3-5-7-16/h3-7H,2,8-15H2,1H3,(H,20,23). The van der Waals surface area contributed by atoms with Gasteiger partial charge in [0.1, 0.15) is 5.60 Å². The Bertz CT molecular complexity index is 597. The molecule has 0 bridgehead atoms. The number of rotatable bonds is 6. The van der Waals surface area contributed by atoms with Gasteiger partial charge in [0.15, 0.2) is 0 Å². The third-order valence-electron chi connectivity index (χ3n) is 5.06. The Balaban J connectivity index is 1.48. The van der Waals surface area contributed by atoms with Crippen molar-refractivity contribution in [3.05, 3.63) is 35.9 Å². The van der Waals surface area contributed by atoms with Crippen molar-refractivity contribution < 1.29 is 14.3 Å². The molecular formula is C19H27N3O3. The Morgan fingerprint density at radius 1 is 1.24 bits per heavy atom. The number of benzene rings is 1. The highest BCUT2D eigenvalue weighted by Gasteiger charge is 2.46. The molecule has 0 aliphatic carbocycles. The van der Waals surface area contributed by atoms with Gasteiger partial charge in [-0.3, -0.25) is 9.69 Å². The van der Waals surface area contributed by atoms with Gasteiger partial charge in [-0.2, -0.15) is 0 Å². The van der Waals surface area contributed by atoms with Crippen LogP contribution in [0.2, 0.25) is 0 Å². The number of ether oxygens (including phenoxy) is 1. The van der Waals surface area contributed by atoms with Crippen molar-refractivity contribution >= 4 is 12.0 Å². The molecule has 6 heteroatoms. The molecule has 2 heterocycles. The number of piperidine rings is 1. The fourth-order valence-corrected chi connectivity index (χ4v) is 3.61. The molecule has 6 nitrogen and oxygen atoms in total. The van der Waals surface area contributed by atoms with Gasteiger partial charge >= 0.3 is 6.09 Å². The first-order valence-electron chi connectivity index (χ1n) is 9.11. The highest BCUT2D eigenvalue weighted by Crippen LogP contribution is 2.33. The molecule has 1 N–H and O–H groups in total. The van der Waals surface area contributed by atoms with Gasteiger partial charge in [0.25, 0.3) is 0 Å². The first kappa shape index (κ1) is 17.7. The predicted octanol–water partition coefficient (Wildman–Crippen LogP) is 1.65. The number of nitrogens with zero attached hydrogens (tertiary/aromatic N) is 2. The molecule has 0 unspecified atom stereocenters. The van der Waals surface area contributed by atoms with E-state index in [0.29, 0.717) is 26.2 Å². The largest absolute Gasteiger partial charge is 0.441 e. The highest BCUT2D eigenvalue weighted by molar-refractivity contribution is 5.78. The molecule has 136 valence electrons. The molecule has 3 rings (SSSR count). The monoisotopic (exact) mass is 345 g/mol. The second-order valence-electron chi connectivity index (χ2n) is 6.94. The maximum atomic E-state index is 12.2. The van der Waals surface area contributed by atoms with E-state index in [2.05, 4.69) is 22.3 Å². The van der Waals surface area contributed by atoms with Crippen LogP contribution in [0.25, 0.3) is 0 Å². The molecule has 2 amide bonds. The van der Waals surface area contributed by atoms with E-state index in [1.165, 1.54) is 5.56 Å². The van der Waals surface area contributed by atoms with Crippen LogP contribution in [-0.4, -0.2) is 66.7 Å². The molecule has 1 aromatic rings. The summed E-state index contributed by atoms with van der Waals surface area (Å²) in [6, 6.07) is 10.2. The lowest BCUT2D eigenvalue weighted by atomic mass is 9.91. The van der Waals surface area contributed by atoms with Gasteiger partial charge in [0.2, 0.25) is 5.91 Å². The number of carbonyl (C=O) groups excluding carboxylic acids is 2. The number of nitrogens with one attached hydrogen (secondary N) is 1. The number of likely N-dealkylation sites (tertiary alicyclic amines) is 1. The van der Waals surface area contributed by atoms with Gasteiger partial charge in [-0.05, 0) is 18.9 Å². The average Bonchev–Trinajstić information content (AvgIpc) is 2.92. The minimum atomic E-state index is -0.370. The first-order valence-corrected chi connectivity index (χ1v) is 9.11. The number of hydrogen-bond acceptors (Lipinski definition) is 4. The van der Waals surface area contributed by atoms with E-state index < -0.39 is 0 Å². The lowest BCUT2D eigenvalue weighted by Crippen LogP contribution is -2.49. The van der Waals surface area contributed by atoms with E-state index in [1.807, 2.05) is 30.0 Å². The fraction of sp³-hybridized carbons (Fsp3) is 0.579. The van der Waals surface area contributed by atoms with Crippen LogP contribution in [0.3, 0.4) is 0 Å². The summed E-state index contributed by atoms with van der Waals surface area (Å²) in [5, 5.41) is 2.83. The maximum absolute atomic E-state index is 12.2. The van der Waals surface area contributed by atoms with Crippen molar-refractivity contribution in [2.24, 2.45) is 0 Å². The van der Waals surface area contributed by atoms with Crippen molar-refractivity contribution in [1.29, 1.82) is 0 Å². The van der Waals surface area contributed by atoms with Gasteiger partial charge in [-0.15, -0.1) is 0 Å². The Hall–Kier alpha value is -2.08. The summed E-state index contributed by atoms with van der Waals surface area (Å²) < 4.78 is 5.75. The molecule has 1 aromatic carbocycles. The number of likely N-dealkylation sites (N-methyl/N-ethyl adjacent to an activating group) is 1. The molecular weight excluding hydrogens is 318 g/mol. The highest BCUT2D eigenvalue weighted by atomic mass is 16.6. The SMILES string of the molecule is CCNC(=O)CN1CCC2(CC1)CN(CCc1ccccc1)C(=O)O2. The summed E-state index contributed by atoms with van der Waals surface area (Å²) in [6.07, 6.45) is 2.23. The van der Waals surface area contributed by atoms with E-state index in [9.17, 15) is 9.59 Å². The Kier molecular flexibility index (Phi) is 5.58. The van der Waals surface area contributed by atoms with Crippen molar-refractivity contribution in [3.8, 4) is 0 Å². The number of amides is 2. The molecule has 0 aromatic heterocycles. The molecule has 2 aliphatic heterocycles. The Morgan fingerprint density at radius 3 is 2.64 bits per heavy atom. The molecule has 0 radical (unpaired) electrons. The van der Waals surface area contributed by atoms with E-state index in [1.54, 1.807) is 0 Å². The van der Waals surface area contributed by atoms with Gasteiger partial charge in [0.05, 0.1) is 13.1 Å². The zero-order valence-electron chi connectivity index (χ0n) is 14.9. The molecule has 2 aliphatic rings. The van der Waals surface area contributed by atoms with E-state index in [0.717, 1.165) is 32.4 Å². The average molecular weight is 345 g/mol. The zero-order valence-corrected chi connectivity index (χ0v) is 14.9. The predicted molar refractivity (Wildman–Crippen MR) is 95.3 cm³/mol. The summed E-state index contributed by atoms with van der Waals surface area (Å²) in [5.74, 6) is 0.0614. The van der Waals surface area contributed by atoms with Crippen molar-refractivity contribution in [2.75, 3.05) is 39.3 Å². The quantitative estimate of drug-likeness (QED) is 0.852. The third kappa shape index (κ3) is 4.51. The molecule has 0 saturated carbocycles. The molecule has 2 fully saturated rings. The van der Waals surface area contributed by atoms with Crippen LogP contribution in [0.1, 0.15) is 25.3 Å². The maximum Gasteiger partial charge on any atom is 0.410 e. The van der Waals surface area contributed by atoms with Crippen LogP contribution >= 0.6 is 0 Å². The summed E-state index contributed by atoms with van der Waals surface area (Å²) in [7, 11) is 0. The fourth-order valence-electron chi connectivity index (χ4n) is 3.61. The summed E-state index contributed by atoms with van der Waals surface area (Å²) >= 11 is 0. The molecule has 1 spiro atoms. The summed E-state index contributed by atoms with van der Waals surface area (Å²) in [6.45, 7) is 5.93. The van der Waals surface area contributed by atoms with E-state index in [4.69, 9.17) is 4.74 Å². The molecule has 25 heavy (non-hydrogen) atoms. The lowest BCUT2D eigenvalue weighted by Gasteiger charge is -2.37. The van der Waals surface area contributed by atoms with E-state index in [-0.39, 0.29) is 17.6 Å². The summed E-state index contributed by atoms with van der Waals surface area (Å²) in [4.78, 5) is 27.9. The van der Waals surface area contributed by atoms with Crippen LogP contribution in [0.5, 0.6) is 0 Å². The number of hydrogen-bond donors (Lipinski definition) is 1. The first-order chi connectivity index (χ1) is 12.1. The second kappa shape index (κ2) is 7.87. The minimum absolute atomic E-state index is 0.0614. The number of carbonyl (C=O) groups is 2. The van der Waals surface area contributed by atoms with Crippen molar-refractivity contribution in [1.82, 2.24) is 15.1 Å². The molecule has 2 saturated heterocycles. The van der Waals surface area contributed by atoms with Crippen molar-refractivity contribution in [2.45, 2.75) is 31.8 Å². The van der Waals surface area contributed by atoms with E-state index >= 15 is 0 Å². The van der Waals surface area contributed by atoms with Crippen LogP contribution in [0.4, 0.5) is 4.79 Å². The van der Waals surface area contributed by atoms with Gasteiger partial charge in [-0.25, -0.2) is 4.79 Å². The normalized spacial score (nSPS) is 19.9. The second-order valence-corrected chi connectivity index (χ2v) is 6.94. The van der Waals surface area contributed by atoms with Crippen molar-refractivity contribution in [3.63, 3.8) is 0 Å².